The molecule has 0 N–H and O–H groups in total. The van der Waals surface area contributed by atoms with E-state index in [9.17, 15) is 4.55 Å². The molecule has 2 rings (SSSR count). The van der Waals surface area contributed by atoms with Gasteiger partial charge in [0, 0.05) is 10.9 Å². The van der Waals surface area contributed by atoms with Crippen molar-refractivity contribution in [3.8, 4) is 0 Å². The molecule has 1 aromatic carbocycles. The van der Waals surface area contributed by atoms with Gasteiger partial charge in [-0.1, -0.05) is 32.9 Å². The van der Waals surface area contributed by atoms with Crippen LogP contribution in [0.4, 0.5) is 0 Å². The Hall–Kier alpha value is -0.860. The molecule has 0 radical (unpaired) electrons. The molecule has 1 atom stereocenters. The van der Waals surface area contributed by atoms with Gasteiger partial charge in [0.05, 0.1) is 0 Å². The topological polar surface area (TPSA) is 23.1 Å². The van der Waals surface area contributed by atoms with E-state index in [2.05, 4.69) is 26.8 Å². The fraction of sp³-hybridized carbons (Fsp3) is 0.333. The second-order valence-electron chi connectivity index (χ2n) is 4.58. The quantitative estimate of drug-likeness (QED) is 0.600. The van der Waals surface area contributed by atoms with E-state index in [-0.39, 0.29) is 5.41 Å². The predicted molar refractivity (Wildman–Crippen MR) is 61.3 cm³/mol. The van der Waals surface area contributed by atoms with E-state index in [1.807, 2.05) is 23.6 Å². The van der Waals surface area contributed by atoms with Crippen LogP contribution in [-0.2, 0) is 5.41 Å². The number of thiophene rings is 1. The highest BCUT2D eigenvalue weighted by Gasteiger charge is 2.22. The molecule has 2 heteroatoms. The van der Waals surface area contributed by atoms with Crippen LogP contribution in [0.15, 0.2) is 29.6 Å². The van der Waals surface area contributed by atoms with Crippen molar-refractivity contribution in [2.45, 2.75) is 26.2 Å². The molecule has 14 heavy (non-hydrogen) atoms. The molecule has 1 heterocycles. The zero-order valence-corrected chi connectivity index (χ0v) is 9.52. The summed E-state index contributed by atoms with van der Waals surface area (Å²) in [7, 11) is -0.936. The molecule has 0 aliphatic rings. The van der Waals surface area contributed by atoms with E-state index in [1.54, 1.807) is 0 Å². The zero-order chi connectivity index (χ0) is 10.3. The molecule has 0 saturated carbocycles. The van der Waals surface area contributed by atoms with Crippen molar-refractivity contribution in [3.63, 3.8) is 0 Å². The highest BCUT2D eigenvalue weighted by Crippen LogP contribution is 2.38. The maximum Gasteiger partial charge on any atom is 0.179 e. The molecule has 0 aliphatic heterocycles. The number of hydrogen-bond donors (Lipinski definition) is 0. The number of fused-ring (bicyclic) bond motifs is 1. The Bertz CT molecular complexity index is 463. The highest BCUT2D eigenvalue weighted by molar-refractivity contribution is 7.30. The SMILES string of the molecule is CC(C)(C)c1c[s+]([O-])c2ccccc12. The van der Waals surface area contributed by atoms with Crippen molar-refractivity contribution in [2.24, 2.45) is 0 Å². The fourth-order valence-electron chi connectivity index (χ4n) is 1.68. The van der Waals surface area contributed by atoms with E-state index >= 15 is 0 Å². The van der Waals surface area contributed by atoms with E-state index in [0.29, 0.717) is 0 Å². The largest absolute Gasteiger partial charge is 0.590 e. The summed E-state index contributed by atoms with van der Waals surface area (Å²) in [4.78, 5) is 0. The lowest BCUT2D eigenvalue weighted by Crippen LogP contribution is -2.09. The van der Waals surface area contributed by atoms with Gasteiger partial charge in [-0.15, -0.1) is 0 Å². The lowest BCUT2D eigenvalue weighted by Gasteiger charge is -2.15. The minimum Gasteiger partial charge on any atom is -0.590 e. The van der Waals surface area contributed by atoms with Crippen LogP contribution >= 0.6 is 10.8 Å². The maximum absolute atomic E-state index is 11.8. The Labute approximate surface area is 87.2 Å². The Morgan fingerprint density at radius 1 is 1.14 bits per heavy atom. The van der Waals surface area contributed by atoms with Gasteiger partial charge in [-0.3, -0.25) is 0 Å². The van der Waals surface area contributed by atoms with Gasteiger partial charge in [-0.25, -0.2) is 0 Å². The van der Waals surface area contributed by atoms with Gasteiger partial charge in [-0.05, 0) is 28.3 Å². The summed E-state index contributed by atoms with van der Waals surface area (Å²) in [6, 6.07) is 7.94. The normalized spacial score (nSPS) is 13.6. The van der Waals surface area contributed by atoms with Gasteiger partial charge in [0.15, 0.2) is 4.70 Å². The van der Waals surface area contributed by atoms with Gasteiger partial charge < -0.3 is 4.55 Å². The molecule has 0 spiro atoms. The van der Waals surface area contributed by atoms with Crippen LogP contribution in [-0.4, -0.2) is 4.55 Å². The predicted octanol–water partition coefficient (Wildman–Crippen LogP) is 3.86. The molecule has 0 bridgehead atoms. The van der Waals surface area contributed by atoms with Gasteiger partial charge in [-0.2, -0.15) is 0 Å². The molecular weight excluding hydrogens is 192 g/mol. The smallest absolute Gasteiger partial charge is 0.179 e. The van der Waals surface area contributed by atoms with E-state index in [0.717, 1.165) is 10.1 Å². The first-order chi connectivity index (χ1) is 6.50. The first-order valence-electron chi connectivity index (χ1n) is 4.72. The van der Waals surface area contributed by atoms with Crippen molar-refractivity contribution < 1.29 is 4.55 Å². The molecule has 0 saturated heterocycles. The number of rotatable bonds is 0. The monoisotopic (exact) mass is 206 g/mol. The lowest BCUT2D eigenvalue weighted by atomic mass is 9.87. The van der Waals surface area contributed by atoms with Crippen molar-refractivity contribution in [1.29, 1.82) is 0 Å². The summed E-state index contributed by atoms with van der Waals surface area (Å²) in [6.45, 7) is 6.45. The molecule has 1 unspecified atom stereocenters. The third kappa shape index (κ3) is 1.45. The first kappa shape index (κ1) is 9.69. The van der Waals surface area contributed by atoms with Crippen molar-refractivity contribution in [3.05, 3.63) is 35.2 Å². The first-order valence-corrected chi connectivity index (χ1v) is 5.94. The second kappa shape index (κ2) is 3.07. The Kier molecular flexibility index (Phi) is 2.13. The molecule has 0 aliphatic carbocycles. The van der Waals surface area contributed by atoms with Crippen LogP contribution in [0.2, 0.25) is 0 Å². The maximum atomic E-state index is 11.8. The average molecular weight is 206 g/mol. The van der Waals surface area contributed by atoms with E-state index in [4.69, 9.17) is 0 Å². The summed E-state index contributed by atoms with van der Waals surface area (Å²) in [5, 5.41) is 3.03. The summed E-state index contributed by atoms with van der Waals surface area (Å²) in [5.41, 5.74) is 1.27. The number of benzene rings is 1. The van der Waals surface area contributed by atoms with Crippen molar-refractivity contribution in [1.82, 2.24) is 0 Å². The van der Waals surface area contributed by atoms with Crippen LogP contribution in [0.3, 0.4) is 0 Å². The third-order valence-electron chi connectivity index (χ3n) is 2.43. The Balaban J connectivity index is 2.80. The van der Waals surface area contributed by atoms with Gasteiger partial charge in [0.25, 0.3) is 0 Å². The summed E-state index contributed by atoms with van der Waals surface area (Å²) < 4.78 is 12.7. The second-order valence-corrected chi connectivity index (χ2v) is 5.85. The Morgan fingerprint density at radius 2 is 1.79 bits per heavy atom. The molecule has 1 nitrogen and oxygen atoms in total. The minimum atomic E-state index is -0.936. The van der Waals surface area contributed by atoms with E-state index < -0.39 is 10.8 Å². The standard InChI is InChI=1S/C12H14OS/c1-12(2,3)10-8-14(13)11-7-5-4-6-9(10)11/h4-8H,1-3H3. The summed E-state index contributed by atoms with van der Waals surface area (Å²) in [6.07, 6.45) is 0. The summed E-state index contributed by atoms with van der Waals surface area (Å²) >= 11 is 0. The zero-order valence-electron chi connectivity index (χ0n) is 8.70. The van der Waals surface area contributed by atoms with Crippen LogP contribution in [0.1, 0.15) is 26.3 Å². The molecular formula is C12H14OS. The van der Waals surface area contributed by atoms with Gasteiger partial charge >= 0.3 is 0 Å². The third-order valence-corrected chi connectivity index (χ3v) is 3.67. The molecule has 0 fully saturated rings. The van der Waals surface area contributed by atoms with Gasteiger partial charge in [0.2, 0.25) is 0 Å². The number of hydrogen-bond acceptors (Lipinski definition) is 1. The highest BCUT2D eigenvalue weighted by atomic mass is 32.2. The van der Waals surface area contributed by atoms with Crippen LogP contribution in [0.25, 0.3) is 10.1 Å². The van der Waals surface area contributed by atoms with Crippen LogP contribution < -0.4 is 0 Å². The van der Waals surface area contributed by atoms with Crippen LogP contribution in [0, 0.1) is 0 Å². The minimum absolute atomic E-state index is 0.0717. The molecule has 2 aromatic rings. The van der Waals surface area contributed by atoms with Gasteiger partial charge in [0.1, 0.15) is 5.38 Å². The van der Waals surface area contributed by atoms with E-state index in [1.165, 1.54) is 5.56 Å². The fourth-order valence-corrected chi connectivity index (χ4v) is 3.11. The summed E-state index contributed by atoms with van der Waals surface area (Å²) in [5.74, 6) is 0. The molecule has 74 valence electrons. The van der Waals surface area contributed by atoms with Crippen molar-refractivity contribution >= 4 is 20.8 Å². The lowest BCUT2D eigenvalue weighted by molar-refractivity contribution is 0.589. The molecule has 0 amide bonds. The molecule has 1 aromatic heterocycles. The van der Waals surface area contributed by atoms with Crippen LogP contribution in [0.5, 0.6) is 0 Å². The van der Waals surface area contributed by atoms with Crippen molar-refractivity contribution in [2.75, 3.05) is 0 Å². The Morgan fingerprint density at radius 3 is 2.43 bits per heavy atom. The average Bonchev–Trinajstić information content (AvgIpc) is 2.44.